The van der Waals surface area contributed by atoms with Crippen LogP contribution >= 0.6 is 0 Å². The van der Waals surface area contributed by atoms with Crippen molar-refractivity contribution in [3.63, 3.8) is 0 Å². The van der Waals surface area contributed by atoms with Gasteiger partial charge in [-0.2, -0.15) is 0 Å². The zero-order valence-corrected chi connectivity index (χ0v) is 17.0. The second-order valence-electron chi connectivity index (χ2n) is 8.53. The summed E-state index contributed by atoms with van der Waals surface area (Å²) >= 11 is 0. The molecule has 2 aromatic rings. The minimum Gasteiger partial charge on any atom is -0.423 e. The van der Waals surface area contributed by atoms with Crippen LogP contribution in [-0.2, 0) is 11.3 Å². The molecule has 1 saturated carbocycles. The summed E-state index contributed by atoms with van der Waals surface area (Å²) in [5.74, 6) is 0.926. The highest BCUT2D eigenvalue weighted by Crippen LogP contribution is 2.28. The van der Waals surface area contributed by atoms with Crippen molar-refractivity contribution >= 4 is 16.9 Å². The number of aryl methyl sites for hydroxylation is 2. The van der Waals surface area contributed by atoms with E-state index in [9.17, 15) is 9.59 Å². The smallest absolute Gasteiger partial charge is 0.336 e. The summed E-state index contributed by atoms with van der Waals surface area (Å²) in [4.78, 5) is 28.9. The van der Waals surface area contributed by atoms with E-state index in [4.69, 9.17) is 4.42 Å². The fraction of sp³-hybridized carbons (Fsp3) is 0.565. The van der Waals surface area contributed by atoms with E-state index >= 15 is 0 Å². The number of piperazine rings is 1. The van der Waals surface area contributed by atoms with Crippen molar-refractivity contribution in [2.75, 3.05) is 26.2 Å². The zero-order valence-electron chi connectivity index (χ0n) is 17.0. The van der Waals surface area contributed by atoms with E-state index in [2.05, 4.69) is 17.9 Å². The van der Waals surface area contributed by atoms with Gasteiger partial charge in [0.05, 0.1) is 0 Å². The molecule has 4 rings (SSSR count). The molecule has 1 aromatic carbocycles. The standard InChI is InChI=1S/C23H30N2O3/c1-16-11-20-19(14-23(27)28-21(20)12-17(16)2)15-24-7-9-25(10-8-24)22(26)13-18-5-3-4-6-18/h11-12,14,18H,3-10,13,15H2,1-2H3. The maximum atomic E-state index is 12.6. The van der Waals surface area contributed by atoms with Gasteiger partial charge in [0, 0.05) is 50.6 Å². The number of hydrogen-bond donors (Lipinski definition) is 0. The Labute approximate surface area is 166 Å². The topological polar surface area (TPSA) is 53.8 Å². The van der Waals surface area contributed by atoms with E-state index in [-0.39, 0.29) is 5.63 Å². The average Bonchev–Trinajstić information content (AvgIpc) is 3.17. The van der Waals surface area contributed by atoms with Crippen molar-refractivity contribution in [2.24, 2.45) is 5.92 Å². The number of nitrogens with zero attached hydrogens (tertiary/aromatic N) is 2. The Morgan fingerprint density at radius 1 is 1.04 bits per heavy atom. The summed E-state index contributed by atoms with van der Waals surface area (Å²) in [7, 11) is 0. The second-order valence-corrected chi connectivity index (χ2v) is 8.53. The molecular formula is C23H30N2O3. The van der Waals surface area contributed by atoms with Crippen molar-refractivity contribution in [2.45, 2.75) is 52.5 Å². The van der Waals surface area contributed by atoms with Crippen molar-refractivity contribution in [1.29, 1.82) is 0 Å². The highest BCUT2D eigenvalue weighted by atomic mass is 16.4. The van der Waals surface area contributed by atoms with Crippen LogP contribution in [0.25, 0.3) is 11.0 Å². The molecule has 0 unspecified atom stereocenters. The minimum atomic E-state index is -0.295. The van der Waals surface area contributed by atoms with Gasteiger partial charge in [-0.1, -0.05) is 12.8 Å². The highest BCUT2D eigenvalue weighted by Gasteiger charge is 2.25. The van der Waals surface area contributed by atoms with Crippen molar-refractivity contribution in [3.05, 3.63) is 45.3 Å². The molecule has 2 fully saturated rings. The van der Waals surface area contributed by atoms with Gasteiger partial charge in [0.2, 0.25) is 5.91 Å². The Kier molecular flexibility index (Phi) is 5.54. The van der Waals surface area contributed by atoms with Crippen LogP contribution in [0.2, 0.25) is 0 Å². The predicted molar refractivity (Wildman–Crippen MR) is 110 cm³/mol. The maximum absolute atomic E-state index is 12.6. The van der Waals surface area contributed by atoms with Crippen LogP contribution in [0.3, 0.4) is 0 Å². The van der Waals surface area contributed by atoms with Gasteiger partial charge in [0.15, 0.2) is 0 Å². The summed E-state index contributed by atoms with van der Waals surface area (Å²) in [5, 5.41) is 1.02. The predicted octanol–water partition coefficient (Wildman–Crippen LogP) is 3.63. The van der Waals surface area contributed by atoms with Gasteiger partial charge in [-0.3, -0.25) is 9.69 Å². The number of fused-ring (bicyclic) bond motifs is 1. The maximum Gasteiger partial charge on any atom is 0.336 e. The molecule has 0 spiro atoms. The zero-order chi connectivity index (χ0) is 19.7. The van der Waals surface area contributed by atoms with Gasteiger partial charge in [-0.05, 0) is 61.4 Å². The molecule has 150 valence electrons. The Morgan fingerprint density at radius 2 is 1.71 bits per heavy atom. The van der Waals surface area contributed by atoms with Gasteiger partial charge < -0.3 is 9.32 Å². The second kappa shape index (κ2) is 8.08. The monoisotopic (exact) mass is 382 g/mol. The molecule has 5 nitrogen and oxygen atoms in total. The lowest BCUT2D eigenvalue weighted by Gasteiger charge is -2.35. The summed E-state index contributed by atoms with van der Waals surface area (Å²) in [6.45, 7) is 8.09. The van der Waals surface area contributed by atoms with E-state index in [1.807, 2.05) is 17.9 Å². The lowest BCUT2D eigenvalue weighted by atomic mass is 10.0. The molecular weight excluding hydrogens is 352 g/mol. The van der Waals surface area contributed by atoms with Gasteiger partial charge in [-0.25, -0.2) is 4.79 Å². The van der Waals surface area contributed by atoms with Crippen LogP contribution in [0.15, 0.2) is 27.4 Å². The molecule has 1 aliphatic heterocycles. The van der Waals surface area contributed by atoms with E-state index in [0.29, 0.717) is 17.4 Å². The minimum absolute atomic E-state index is 0.295. The molecule has 5 heteroatoms. The Bertz CT molecular complexity index is 919. The molecule has 1 aliphatic carbocycles. The van der Waals surface area contributed by atoms with Gasteiger partial charge in [-0.15, -0.1) is 0 Å². The van der Waals surface area contributed by atoms with Crippen LogP contribution in [0.4, 0.5) is 0 Å². The third-order valence-corrected chi connectivity index (χ3v) is 6.50. The van der Waals surface area contributed by atoms with Gasteiger partial charge >= 0.3 is 5.63 Å². The number of carbonyl (C=O) groups is 1. The van der Waals surface area contributed by atoms with E-state index in [0.717, 1.165) is 55.7 Å². The lowest BCUT2D eigenvalue weighted by Crippen LogP contribution is -2.48. The van der Waals surface area contributed by atoms with Crippen molar-refractivity contribution < 1.29 is 9.21 Å². The normalized spacial score (nSPS) is 18.9. The molecule has 2 heterocycles. The molecule has 1 saturated heterocycles. The number of amides is 1. The molecule has 0 bridgehead atoms. The highest BCUT2D eigenvalue weighted by molar-refractivity contribution is 5.82. The molecule has 0 N–H and O–H groups in total. The molecule has 0 radical (unpaired) electrons. The molecule has 0 atom stereocenters. The summed E-state index contributed by atoms with van der Waals surface area (Å²) in [5.41, 5.74) is 3.71. The van der Waals surface area contributed by atoms with E-state index in [1.165, 1.54) is 31.2 Å². The number of rotatable bonds is 4. The first-order valence-electron chi connectivity index (χ1n) is 10.5. The van der Waals surface area contributed by atoms with Crippen LogP contribution < -0.4 is 5.63 Å². The largest absolute Gasteiger partial charge is 0.423 e. The molecule has 1 amide bonds. The Balaban J connectivity index is 1.41. The molecule has 2 aliphatic rings. The van der Waals surface area contributed by atoms with Crippen LogP contribution in [0.5, 0.6) is 0 Å². The molecule has 28 heavy (non-hydrogen) atoms. The summed E-state index contributed by atoms with van der Waals surface area (Å²) in [6.07, 6.45) is 5.72. The van der Waals surface area contributed by atoms with E-state index < -0.39 is 0 Å². The number of hydrogen-bond acceptors (Lipinski definition) is 4. The number of carbonyl (C=O) groups excluding carboxylic acids is 1. The quantitative estimate of drug-likeness (QED) is 0.758. The third-order valence-electron chi connectivity index (χ3n) is 6.50. The molecule has 1 aromatic heterocycles. The van der Waals surface area contributed by atoms with Gasteiger partial charge in [0.1, 0.15) is 5.58 Å². The van der Waals surface area contributed by atoms with E-state index in [1.54, 1.807) is 6.07 Å². The first kappa shape index (κ1) is 19.2. The fourth-order valence-corrected chi connectivity index (χ4v) is 4.60. The van der Waals surface area contributed by atoms with Crippen molar-refractivity contribution in [3.8, 4) is 0 Å². The first-order valence-corrected chi connectivity index (χ1v) is 10.5. The summed E-state index contributed by atoms with van der Waals surface area (Å²) < 4.78 is 5.41. The third kappa shape index (κ3) is 4.14. The van der Waals surface area contributed by atoms with Crippen LogP contribution in [0, 0.1) is 19.8 Å². The first-order chi connectivity index (χ1) is 13.5. The van der Waals surface area contributed by atoms with Crippen LogP contribution in [-0.4, -0.2) is 41.9 Å². The van der Waals surface area contributed by atoms with Crippen molar-refractivity contribution in [1.82, 2.24) is 9.80 Å². The van der Waals surface area contributed by atoms with Crippen LogP contribution in [0.1, 0.15) is 48.8 Å². The van der Waals surface area contributed by atoms with Gasteiger partial charge in [0.25, 0.3) is 0 Å². The lowest BCUT2D eigenvalue weighted by molar-refractivity contribution is -0.134. The number of benzene rings is 1. The Hall–Kier alpha value is -2.14. The Morgan fingerprint density at radius 3 is 2.43 bits per heavy atom. The average molecular weight is 383 g/mol. The fourth-order valence-electron chi connectivity index (χ4n) is 4.60. The summed E-state index contributed by atoms with van der Waals surface area (Å²) in [6, 6.07) is 5.69. The SMILES string of the molecule is Cc1cc2oc(=O)cc(CN3CCN(C(=O)CC4CCCC4)CC3)c2cc1C.